The van der Waals surface area contributed by atoms with Crippen molar-refractivity contribution in [1.82, 2.24) is 0 Å². The van der Waals surface area contributed by atoms with Crippen LogP contribution >= 0.6 is 23.2 Å². The zero-order chi connectivity index (χ0) is 15.4. The van der Waals surface area contributed by atoms with E-state index in [1.54, 1.807) is 37.4 Å². The highest BCUT2D eigenvalue weighted by Gasteiger charge is 2.11. The summed E-state index contributed by atoms with van der Waals surface area (Å²) in [5.74, 6) is 1.11. The Morgan fingerprint density at radius 1 is 1.00 bits per heavy atom. The van der Waals surface area contributed by atoms with Gasteiger partial charge in [-0.25, -0.2) is 0 Å². The maximum absolute atomic E-state index is 8.87. The van der Waals surface area contributed by atoms with E-state index in [0.29, 0.717) is 32.8 Å². The van der Waals surface area contributed by atoms with Gasteiger partial charge in [0, 0.05) is 11.8 Å². The molecule has 0 spiro atoms. The van der Waals surface area contributed by atoms with Crippen molar-refractivity contribution in [3.8, 4) is 17.6 Å². The number of nitriles is 1. The number of rotatable bonds is 4. The van der Waals surface area contributed by atoms with E-state index in [1.165, 1.54) is 7.11 Å². The van der Waals surface area contributed by atoms with Gasteiger partial charge in [0.2, 0.25) is 0 Å². The Morgan fingerprint density at radius 3 is 2.29 bits per heavy atom. The van der Waals surface area contributed by atoms with Gasteiger partial charge in [0.15, 0.2) is 0 Å². The van der Waals surface area contributed by atoms with Gasteiger partial charge in [0.05, 0.1) is 35.5 Å². The highest BCUT2D eigenvalue weighted by atomic mass is 35.5. The number of halogens is 2. The average molecular weight is 323 g/mol. The minimum Gasteiger partial charge on any atom is -0.495 e. The highest BCUT2D eigenvalue weighted by Crippen LogP contribution is 2.37. The molecule has 0 amide bonds. The Kier molecular flexibility index (Phi) is 4.79. The third-order valence-electron chi connectivity index (χ3n) is 2.84. The number of methoxy groups -OCH3 is 2. The topological polar surface area (TPSA) is 54.3 Å². The highest BCUT2D eigenvalue weighted by molar-refractivity contribution is 6.32. The summed E-state index contributed by atoms with van der Waals surface area (Å²) in [5.41, 5.74) is 1.81. The van der Waals surface area contributed by atoms with E-state index in [2.05, 4.69) is 5.32 Å². The third-order valence-corrected chi connectivity index (χ3v) is 3.45. The molecule has 0 fully saturated rings. The van der Waals surface area contributed by atoms with Gasteiger partial charge in [-0.2, -0.15) is 5.26 Å². The predicted molar refractivity (Wildman–Crippen MR) is 84.0 cm³/mol. The molecule has 0 bridgehead atoms. The van der Waals surface area contributed by atoms with Crippen molar-refractivity contribution in [2.45, 2.75) is 0 Å². The minimum atomic E-state index is 0.376. The van der Waals surface area contributed by atoms with Crippen molar-refractivity contribution >= 4 is 34.6 Å². The molecule has 0 radical (unpaired) electrons. The van der Waals surface area contributed by atoms with Gasteiger partial charge in [0.1, 0.15) is 17.6 Å². The lowest BCUT2D eigenvalue weighted by atomic mass is 10.2. The fourth-order valence-electron chi connectivity index (χ4n) is 1.80. The van der Waals surface area contributed by atoms with Gasteiger partial charge in [-0.1, -0.05) is 23.2 Å². The Bertz CT molecular complexity index is 712. The molecule has 1 N–H and O–H groups in total. The van der Waals surface area contributed by atoms with Crippen LogP contribution in [0.4, 0.5) is 11.4 Å². The normalized spacial score (nSPS) is 9.86. The first-order chi connectivity index (χ1) is 10.1. The summed E-state index contributed by atoms with van der Waals surface area (Å²) in [6.07, 6.45) is 0. The van der Waals surface area contributed by atoms with E-state index < -0.39 is 0 Å². The quantitative estimate of drug-likeness (QED) is 0.891. The molecule has 108 valence electrons. The molecule has 2 aromatic rings. The number of nitrogens with zero attached hydrogens (tertiary/aromatic N) is 1. The predicted octanol–water partition coefficient (Wildman–Crippen LogP) is 4.63. The van der Waals surface area contributed by atoms with Crippen LogP contribution in [-0.4, -0.2) is 14.2 Å². The molecule has 4 nitrogen and oxygen atoms in total. The van der Waals surface area contributed by atoms with Crippen LogP contribution in [0.15, 0.2) is 30.3 Å². The van der Waals surface area contributed by atoms with Crippen LogP contribution in [-0.2, 0) is 0 Å². The van der Waals surface area contributed by atoms with Crippen LogP contribution in [0.25, 0.3) is 0 Å². The molecule has 0 saturated heterocycles. The van der Waals surface area contributed by atoms with Crippen LogP contribution in [0, 0.1) is 11.3 Å². The van der Waals surface area contributed by atoms with E-state index in [-0.39, 0.29) is 0 Å². The van der Waals surface area contributed by atoms with Crippen LogP contribution in [0.1, 0.15) is 5.56 Å². The maximum Gasteiger partial charge on any atom is 0.146 e. The number of hydrogen-bond acceptors (Lipinski definition) is 4. The van der Waals surface area contributed by atoms with E-state index in [0.717, 1.165) is 5.69 Å². The third kappa shape index (κ3) is 3.33. The summed E-state index contributed by atoms with van der Waals surface area (Å²) in [6, 6.07) is 10.5. The number of hydrogen-bond donors (Lipinski definition) is 1. The van der Waals surface area contributed by atoms with Gasteiger partial charge in [-0.15, -0.1) is 0 Å². The number of ether oxygens (including phenoxy) is 2. The molecule has 0 aliphatic carbocycles. The fourth-order valence-corrected chi connectivity index (χ4v) is 2.26. The standard InChI is InChI=1S/C15H12Cl2N2O2/c1-20-14-7-15(21-2)13(6-12(14)17)19-10-4-3-9(8-18)11(16)5-10/h3-7,19H,1-2H3. The van der Waals surface area contributed by atoms with Gasteiger partial charge in [0.25, 0.3) is 0 Å². The summed E-state index contributed by atoms with van der Waals surface area (Å²) < 4.78 is 10.4. The summed E-state index contributed by atoms with van der Waals surface area (Å²) >= 11 is 12.1. The van der Waals surface area contributed by atoms with Gasteiger partial charge in [-0.05, 0) is 24.3 Å². The molecule has 0 aliphatic rings. The first-order valence-electron chi connectivity index (χ1n) is 5.97. The van der Waals surface area contributed by atoms with Crippen LogP contribution in [0.5, 0.6) is 11.5 Å². The summed E-state index contributed by atoms with van der Waals surface area (Å²) in [4.78, 5) is 0. The van der Waals surface area contributed by atoms with E-state index in [4.69, 9.17) is 37.9 Å². The molecule has 0 unspecified atom stereocenters. The minimum absolute atomic E-state index is 0.376. The number of benzene rings is 2. The molecule has 21 heavy (non-hydrogen) atoms. The lowest BCUT2D eigenvalue weighted by Crippen LogP contribution is -1.96. The van der Waals surface area contributed by atoms with Crippen molar-refractivity contribution in [3.63, 3.8) is 0 Å². The van der Waals surface area contributed by atoms with Crippen molar-refractivity contribution in [3.05, 3.63) is 45.9 Å². The first kappa shape index (κ1) is 15.3. The molecule has 2 rings (SSSR count). The maximum atomic E-state index is 8.87. The summed E-state index contributed by atoms with van der Waals surface area (Å²) in [5, 5.41) is 12.9. The van der Waals surface area contributed by atoms with E-state index in [9.17, 15) is 0 Å². The second-order valence-corrected chi connectivity index (χ2v) is 4.93. The van der Waals surface area contributed by atoms with Gasteiger partial charge in [-0.3, -0.25) is 0 Å². The second kappa shape index (κ2) is 6.57. The number of anilines is 2. The number of nitrogens with one attached hydrogen (secondary N) is 1. The smallest absolute Gasteiger partial charge is 0.146 e. The molecule has 2 aromatic carbocycles. The monoisotopic (exact) mass is 322 g/mol. The van der Waals surface area contributed by atoms with Crippen LogP contribution in [0.3, 0.4) is 0 Å². The lowest BCUT2D eigenvalue weighted by Gasteiger charge is -2.14. The van der Waals surface area contributed by atoms with Crippen molar-refractivity contribution in [2.75, 3.05) is 19.5 Å². The summed E-state index contributed by atoms with van der Waals surface area (Å²) in [7, 11) is 3.09. The van der Waals surface area contributed by atoms with Crippen LogP contribution < -0.4 is 14.8 Å². The molecule has 0 aromatic heterocycles. The van der Waals surface area contributed by atoms with E-state index in [1.807, 2.05) is 6.07 Å². The summed E-state index contributed by atoms with van der Waals surface area (Å²) in [6.45, 7) is 0. The Balaban J connectivity index is 2.37. The zero-order valence-electron chi connectivity index (χ0n) is 11.4. The largest absolute Gasteiger partial charge is 0.495 e. The Morgan fingerprint density at radius 2 is 1.71 bits per heavy atom. The molecule has 0 atom stereocenters. The Labute approximate surface area is 132 Å². The molecular formula is C15H12Cl2N2O2. The molecule has 6 heteroatoms. The van der Waals surface area contributed by atoms with E-state index >= 15 is 0 Å². The Hall–Kier alpha value is -2.09. The molecular weight excluding hydrogens is 311 g/mol. The van der Waals surface area contributed by atoms with Gasteiger partial charge < -0.3 is 14.8 Å². The fraction of sp³-hybridized carbons (Fsp3) is 0.133. The van der Waals surface area contributed by atoms with Crippen molar-refractivity contribution < 1.29 is 9.47 Å². The van der Waals surface area contributed by atoms with Gasteiger partial charge >= 0.3 is 0 Å². The second-order valence-electron chi connectivity index (χ2n) is 4.12. The molecule has 0 heterocycles. The SMILES string of the molecule is COc1cc(OC)c(Nc2ccc(C#N)c(Cl)c2)cc1Cl. The first-order valence-corrected chi connectivity index (χ1v) is 6.72. The van der Waals surface area contributed by atoms with Crippen molar-refractivity contribution in [2.24, 2.45) is 0 Å². The lowest BCUT2D eigenvalue weighted by molar-refractivity contribution is 0.396. The average Bonchev–Trinajstić information content (AvgIpc) is 2.48. The van der Waals surface area contributed by atoms with Crippen molar-refractivity contribution in [1.29, 1.82) is 5.26 Å². The molecule has 0 saturated carbocycles. The van der Waals surface area contributed by atoms with Crippen LogP contribution in [0.2, 0.25) is 10.0 Å². The zero-order valence-corrected chi connectivity index (χ0v) is 12.9. The molecule has 0 aliphatic heterocycles.